The molecule has 5 heteroatoms. The summed E-state index contributed by atoms with van der Waals surface area (Å²) in [5.41, 5.74) is 2.22. The fourth-order valence-electron chi connectivity index (χ4n) is 1.92. The van der Waals surface area contributed by atoms with Gasteiger partial charge in [-0.25, -0.2) is 9.78 Å². The third-order valence-electron chi connectivity index (χ3n) is 2.90. The molecule has 94 valence electrons. The highest BCUT2D eigenvalue weighted by molar-refractivity contribution is 5.89. The van der Waals surface area contributed by atoms with Crippen LogP contribution in [0.2, 0.25) is 0 Å². The van der Waals surface area contributed by atoms with Gasteiger partial charge in [-0.2, -0.15) is 0 Å². The van der Waals surface area contributed by atoms with Gasteiger partial charge in [-0.15, -0.1) is 0 Å². The molecule has 3 aromatic rings. The number of H-pyrrole nitrogens is 1. The highest BCUT2D eigenvalue weighted by atomic mass is 16.4. The van der Waals surface area contributed by atoms with Crippen LogP contribution in [0.25, 0.3) is 22.4 Å². The second-order valence-electron chi connectivity index (χ2n) is 4.14. The molecule has 0 fully saturated rings. The van der Waals surface area contributed by atoms with Crippen LogP contribution in [0.15, 0.2) is 42.5 Å². The molecule has 0 radical (unpaired) electrons. The van der Waals surface area contributed by atoms with Crippen molar-refractivity contribution in [3.8, 4) is 17.1 Å². The van der Waals surface area contributed by atoms with Gasteiger partial charge in [0.05, 0.1) is 11.1 Å². The van der Waals surface area contributed by atoms with Crippen molar-refractivity contribution < 1.29 is 15.0 Å². The normalized spacial score (nSPS) is 10.7. The number of hydrogen-bond acceptors (Lipinski definition) is 3. The van der Waals surface area contributed by atoms with E-state index in [0.29, 0.717) is 11.3 Å². The van der Waals surface area contributed by atoms with Gasteiger partial charge < -0.3 is 15.2 Å². The largest absolute Gasteiger partial charge is 0.506 e. The van der Waals surface area contributed by atoms with Crippen molar-refractivity contribution >= 4 is 17.0 Å². The summed E-state index contributed by atoms with van der Waals surface area (Å²) in [5.74, 6) is -0.260. The summed E-state index contributed by atoms with van der Waals surface area (Å²) >= 11 is 0. The predicted octanol–water partition coefficient (Wildman–Crippen LogP) is 2.63. The van der Waals surface area contributed by atoms with Crippen LogP contribution in [0.4, 0.5) is 0 Å². The van der Waals surface area contributed by atoms with Crippen LogP contribution in [-0.2, 0) is 0 Å². The Labute approximate surface area is 108 Å². The Kier molecular flexibility index (Phi) is 2.45. The van der Waals surface area contributed by atoms with Crippen molar-refractivity contribution in [3.05, 3.63) is 48.0 Å². The molecule has 0 aliphatic rings. The summed E-state index contributed by atoms with van der Waals surface area (Å²) in [6.45, 7) is 0. The minimum atomic E-state index is -0.964. The molecular formula is C14H10N2O3. The quantitative estimate of drug-likeness (QED) is 0.656. The number of aromatic carboxylic acids is 1. The van der Waals surface area contributed by atoms with E-state index in [1.165, 1.54) is 12.1 Å². The number of aromatic amines is 1. The van der Waals surface area contributed by atoms with E-state index >= 15 is 0 Å². The Morgan fingerprint density at radius 2 is 1.84 bits per heavy atom. The van der Waals surface area contributed by atoms with Crippen molar-refractivity contribution in [2.75, 3.05) is 0 Å². The number of rotatable bonds is 2. The van der Waals surface area contributed by atoms with Crippen LogP contribution in [0.5, 0.6) is 5.75 Å². The number of benzene rings is 2. The number of phenolic OH excluding ortho intramolecular Hbond substituents is 1. The molecule has 0 amide bonds. The smallest absolute Gasteiger partial charge is 0.335 e. The average molecular weight is 254 g/mol. The van der Waals surface area contributed by atoms with E-state index in [1.807, 2.05) is 6.07 Å². The van der Waals surface area contributed by atoms with Gasteiger partial charge in [-0.3, -0.25) is 0 Å². The number of carbonyl (C=O) groups is 1. The lowest BCUT2D eigenvalue weighted by atomic mass is 10.1. The first-order chi connectivity index (χ1) is 9.15. The first-order valence-corrected chi connectivity index (χ1v) is 5.66. The number of fused-ring (bicyclic) bond motifs is 1. The summed E-state index contributed by atoms with van der Waals surface area (Å²) in [7, 11) is 0. The molecule has 0 aliphatic heterocycles. The third-order valence-corrected chi connectivity index (χ3v) is 2.90. The molecule has 1 aromatic heterocycles. The maximum absolute atomic E-state index is 10.8. The van der Waals surface area contributed by atoms with E-state index in [0.717, 1.165) is 11.1 Å². The predicted molar refractivity (Wildman–Crippen MR) is 70.2 cm³/mol. The minimum absolute atomic E-state index is 0.113. The van der Waals surface area contributed by atoms with E-state index < -0.39 is 5.97 Å². The lowest BCUT2D eigenvalue weighted by molar-refractivity contribution is 0.0697. The lowest BCUT2D eigenvalue weighted by Crippen LogP contribution is -1.95. The van der Waals surface area contributed by atoms with Crippen molar-refractivity contribution in [1.29, 1.82) is 0 Å². The standard InChI is InChI=1S/C14H10N2O3/c17-11-3-1-2-10-12(11)16-13(15-10)8-4-6-9(7-5-8)14(18)19/h1-7,17H,(H,15,16)(H,18,19). The maximum atomic E-state index is 10.8. The van der Waals surface area contributed by atoms with Gasteiger partial charge in [0.2, 0.25) is 0 Å². The zero-order valence-electron chi connectivity index (χ0n) is 9.79. The summed E-state index contributed by atoms with van der Waals surface area (Å²) in [6, 6.07) is 11.5. The van der Waals surface area contributed by atoms with Gasteiger partial charge in [0, 0.05) is 5.56 Å². The second kappa shape index (κ2) is 4.13. The molecule has 0 unspecified atom stereocenters. The van der Waals surface area contributed by atoms with E-state index in [4.69, 9.17) is 5.11 Å². The van der Waals surface area contributed by atoms with Crippen LogP contribution >= 0.6 is 0 Å². The fourth-order valence-corrected chi connectivity index (χ4v) is 1.92. The SMILES string of the molecule is O=C(O)c1ccc(-c2nc3c(O)cccc3[nH]2)cc1. The highest BCUT2D eigenvalue weighted by Gasteiger charge is 2.09. The molecular weight excluding hydrogens is 244 g/mol. The number of imidazole rings is 1. The monoisotopic (exact) mass is 254 g/mol. The number of phenols is 1. The van der Waals surface area contributed by atoms with Crippen molar-refractivity contribution in [1.82, 2.24) is 9.97 Å². The van der Waals surface area contributed by atoms with Crippen molar-refractivity contribution in [2.45, 2.75) is 0 Å². The number of carboxylic acids is 1. The summed E-state index contributed by atoms with van der Waals surface area (Å²) < 4.78 is 0. The number of nitrogens with one attached hydrogen (secondary N) is 1. The van der Waals surface area contributed by atoms with E-state index in [9.17, 15) is 9.90 Å². The lowest BCUT2D eigenvalue weighted by Gasteiger charge is -1.97. The Morgan fingerprint density at radius 1 is 1.11 bits per heavy atom. The van der Waals surface area contributed by atoms with Crippen LogP contribution in [0.1, 0.15) is 10.4 Å². The number of aromatic nitrogens is 2. The Morgan fingerprint density at radius 3 is 2.47 bits per heavy atom. The highest BCUT2D eigenvalue weighted by Crippen LogP contribution is 2.26. The van der Waals surface area contributed by atoms with Crippen LogP contribution in [-0.4, -0.2) is 26.2 Å². The number of aromatic hydroxyl groups is 1. The molecule has 19 heavy (non-hydrogen) atoms. The second-order valence-corrected chi connectivity index (χ2v) is 4.14. The van der Waals surface area contributed by atoms with Gasteiger partial charge in [0.25, 0.3) is 0 Å². The molecule has 0 saturated heterocycles. The third kappa shape index (κ3) is 1.91. The minimum Gasteiger partial charge on any atom is -0.506 e. The molecule has 0 atom stereocenters. The first kappa shape index (κ1) is 11.3. The van der Waals surface area contributed by atoms with E-state index in [-0.39, 0.29) is 11.3 Å². The van der Waals surface area contributed by atoms with Gasteiger partial charge >= 0.3 is 5.97 Å². The van der Waals surface area contributed by atoms with Crippen LogP contribution in [0, 0.1) is 0 Å². The summed E-state index contributed by atoms with van der Waals surface area (Å²) in [5, 5.41) is 18.5. The van der Waals surface area contributed by atoms with Gasteiger partial charge in [0.15, 0.2) is 0 Å². The van der Waals surface area contributed by atoms with Crippen molar-refractivity contribution in [2.24, 2.45) is 0 Å². The molecule has 1 heterocycles. The fraction of sp³-hybridized carbons (Fsp3) is 0. The van der Waals surface area contributed by atoms with Gasteiger partial charge in [0.1, 0.15) is 17.1 Å². The molecule has 5 nitrogen and oxygen atoms in total. The summed E-state index contributed by atoms with van der Waals surface area (Å²) in [6.07, 6.45) is 0. The van der Waals surface area contributed by atoms with Gasteiger partial charge in [-0.05, 0) is 24.3 Å². The number of hydrogen-bond donors (Lipinski definition) is 3. The van der Waals surface area contributed by atoms with E-state index in [1.54, 1.807) is 24.3 Å². The molecule has 0 spiro atoms. The zero-order valence-corrected chi connectivity index (χ0v) is 9.79. The number of carboxylic acid groups (broad SMARTS) is 1. The Hall–Kier alpha value is -2.82. The molecule has 0 aliphatic carbocycles. The van der Waals surface area contributed by atoms with Crippen molar-refractivity contribution in [3.63, 3.8) is 0 Å². The molecule has 0 saturated carbocycles. The number of nitrogens with zero attached hydrogens (tertiary/aromatic N) is 1. The maximum Gasteiger partial charge on any atom is 0.335 e. The average Bonchev–Trinajstić information content (AvgIpc) is 2.84. The number of para-hydroxylation sites is 1. The van der Waals surface area contributed by atoms with Crippen LogP contribution in [0.3, 0.4) is 0 Å². The molecule has 3 N–H and O–H groups in total. The first-order valence-electron chi connectivity index (χ1n) is 5.66. The summed E-state index contributed by atoms with van der Waals surface area (Å²) in [4.78, 5) is 18.2. The zero-order chi connectivity index (χ0) is 13.4. The molecule has 0 bridgehead atoms. The Balaban J connectivity index is 2.09. The van der Waals surface area contributed by atoms with E-state index in [2.05, 4.69) is 9.97 Å². The van der Waals surface area contributed by atoms with Gasteiger partial charge in [-0.1, -0.05) is 18.2 Å². The topological polar surface area (TPSA) is 86.2 Å². The molecule has 3 rings (SSSR count). The molecule has 2 aromatic carbocycles. The van der Waals surface area contributed by atoms with Crippen LogP contribution < -0.4 is 0 Å². The Bertz CT molecular complexity index is 760.